The third-order valence-electron chi connectivity index (χ3n) is 2.69. The van der Waals surface area contributed by atoms with Crippen molar-refractivity contribution in [1.82, 2.24) is 9.55 Å². The first-order chi connectivity index (χ1) is 8.63. The lowest BCUT2D eigenvalue weighted by molar-refractivity contribution is 0.408. The van der Waals surface area contributed by atoms with Gasteiger partial charge in [-0.15, -0.1) is 0 Å². The lowest BCUT2D eigenvalue weighted by Gasteiger charge is -2.10. The van der Waals surface area contributed by atoms with E-state index in [9.17, 15) is 4.79 Å². The molecule has 0 N–H and O–H groups in total. The van der Waals surface area contributed by atoms with Crippen molar-refractivity contribution >= 4 is 22.6 Å². The molecule has 0 aliphatic carbocycles. The second-order valence-electron chi connectivity index (χ2n) is 3.89. The molecular weight excluding hydrogens is 343 g/mol. The number of methoxy groups -OCH3 is 1. The van der Waals surface area contributed by atoms with Crippen molar-refractivity contribution < 1.29 is 4.74 Å². The zero-order valence-corrected chi connectivity index (χ0v) is 12.3. The van der Waals surface area contributed by atoms with Gasteiger partial charge in [0.15, 0.2) is 0 Å². The smallest absolute Gasteiger partial charge is 0.267 e. The zero-order chi connectivity index (χ0) is 13.1. The van der Waals surface area contributed by atoms with Crippen molar-refractivity contribution in [1.29, 1.82) is 0 Å². The summed E-state index contributed by atoms with van der Waals surface area (Å²) in [6.07, 6.45) is 1.58. The minimum absolute atomic E-state index is 0.0194. The van der Waals surface area contributed by atoms with Gasteiger partial charge < -0.3 is 4.74 Å². The molecule has 0 fully saturated rings. The first kappa shape index (κ1) is 13.1. The maximum Gasteiger partial charge on any atom is 0.267 e. The van der Waals surface area contributed by atoms with Gasteiger partial charge in [0, 0.05) is 5.56 Å². The number of aromatic nitrogens is 2. The van der Waals surface area contributed by atoms with Gasteiger partial charge in [-0.3, -0.25) is 9.36 Å². The summed E-state index contributed by atoms with van der Waals surface area (Å²) in [6.45, 7) is 2.29. The summed E-state index contributed by atoms with van der Waals surface area (Å²) >= 11 is 2.03. The van der Waals surface area contributed by atoms with E-state index in [0.29, 0.717) is 10.1 Å². The number of benzene rings is 1. The molecule has 4 nitrogen and oxygen atoms in total. The van der Waals surface area contributed by atoms with Crippen molar-refractivity contribution in [2.24, 2.45) is 0 Å². The molecule has 0 radical (unpaired) electrons. The number of ether oxygens (including phenoxy) is 1. The summed E-state index contributed by atoms with van der Waals surface area (Å²) in [5.74, 6) is 0.778. The number of hydrogen-bond donors (Lipinski definition) is 0. The van der Waals surface area contributed by atoms with E-state index in [2.05, 4.69) is 4.98 Å². The number of hydrogen-bond acceptors (Lipinski definition) is 3. The maximum atomic E-state index is 12.1. The van der Waals surface area contributed by atoms with Gasteiger partial charge in [0.05, 0.1) is 29.2 Å². The Hall–Kier alpha value is -1.37. The number of aryl methyl sites for hydroxylation is 1. The monoisotopic (exact) mass is 356 g/mol. The molecule has 1 aromatic carbocycles. The van der Waals surface area contributed by atoms with Crippen LogP contribution in [0.25, 0.3) is 0 Å². The second kappa shape index (κ2) is 5.51. The predicted octanol–water partition coefficient (Wildman–Crippen LogP) is 2.21. The van der Waals surface area contributed by atoms with E-state index in [1.165, 1.54) is 0 Å². The Morgan fingerprint density at radius 2 is 2.11 bits per heavy atom. The highest BCUT2D eigenvalue weighted by Gasteiger charge is 2.08. The van der Waals surface area contributed by atoms with Crippen LogP contribution in [-0.2, 0) is 6.54 Å². The fourth-order valence-corrected chi connectivity index (χ4v) is 2.13. The summed E-state index contributed by atoms with van der Waals surface area (Å²) in [5.41, 5.74) is 1.70. The average molecular weight is 356 g/mol. The topological polar surface area (TPSA) is 44.1 Å². The van der Waals surface area contributed by atoms with Crippen LogP contribution in [0, 0.1) is 10.5 Å². The highest BCUT2D eigenvalue weighted by Crippen LogP contribution is 2.17. The SMILES string of the molecule is COc1ccccc1Cn1cnc(C)c(I)c1=O. The van der Waals surface area contributed by atoms with Crippen molar-refractivity contribution in [2.45, 2.75) is 13.5 Å². The van der Waals surface area contributed by atoms with Gasteiger partial charge in [-0.1, -0.05) is 18.2 Å². The number of nitrogens with zero attached hydrogens (tertiary/aromatic N) is 2. The Labute approximate surface area is 119 Å². The Kier molecular flexibility index (Phi) is 4.00. The number of halogens is 1. The molecule has 1 heterocycles. The third kappa shape index (κ3) is 2.55. The lowest BCUT2D eigenvalue weighted by atomic mass is 10.2. The van der Waals surface area contributed by atoms with Gasteiger partial charge in [0.25, 0.3) is 5.56 Å². The van der Waals surface area contributed by atoms with Crippen LogP contribution < -0.4 is 10.3 Å². The van der Waals surface area contributed by atoms with E-state index in [-0.39, 0.29) is 5.56 Å². The van der Waals surface area contributed by atoms with Crippen LogP contribution in [-0.4, -0.2) is 16.7 Å². The Balaban J connectivity index is 2.41. The molecule has 0 spiro atoms. The molecule has 18 heavy (non-hydrogen) atoms. The number of para-hydroxylation sites is 1. The van der Waals surface area contributed by atoms with Gasteiger partial charge in [0.2, 0.25) is 0 Å². The highest BCUT2D eigenvalue weighted by molar-refractivity contribution is 14.1. The minimum Gasteiger partial charge on any atom is -0.496 e. The fourth-order valence-electron chi connectivity index (χ4n) is 1.68. The molecule has 0 saturated carbocycles. The maximum absolute atomic E-state index is 12.1. The van der Waals surface area contributed by atoms with Gasteiger partial charge >= 0.3 is 0 Å². The molecule has 0 bridgehead atoms. The van der Waals surface area contributed by atoms with Gasteiger partial charge in [-0.25, -0.2) is 4.98 Å². The van der Waals surface area contributed by atoms with Crippen LogP contribution in [0.1, 0.15) is 11.3 Å². The lowest BCUT2D eigenvalue weighted by Crippen LogP contribution is -2.24. The van der Waals surface area contributed by atoms with Crippen molar-refractivity contribution in [3.8, 4) is 5.75 Å². The molecule has 0 saturated heterocycles. The summed E-state index contributed by atoms with van der Waals surface area (Å²) in [4.78, 5) is 16.3. The van der Waals surface area contributed by atoms with Crippen molar-refractivity contribution in [3.05, 3.63) is 55.8 Å². The van der Waals surface area contributed by atoms with Crippen LogP contribution >= 0.6 is 22.6 Å². The van der Waals surface area contributed by atoms with Crippen LogP contribution in [0.15, 0.2) is 35.4 Å². The molecule has 0 aliphatic heterocycles. The normalized spacial score (nSPS) is 10.4. The van der Waals surface area contributed by atoms with E-state index in [0.717, 1.165) is 17.0 Å². The largest absolute Gasteiger partial charge is 0.496 e. The molecule has 2 rings (SSSR count). The average Bonchev–Trinajstić information content (AvgIpc) is 2.40. The first-order valence-corrected chi connectivity index (χ1v) is 6.54. The third-order valence-corrected chi connectivity index (χ3v) is 3.93. The van der Waals surface area contributed by atoms with E-state index in [1.54, 1.807) is 18.0 Å². The predicted molar refractivity (Wildman–Crippen MR) is 78.0 cm³/mol. The standard InChI is InChI=1S/C13H13IN2O2/c1-9-12(14)13(17)16(8-15-9)7-10-5-3-4-6-11(10)18-2/h3-6,8H,7H2,1-2H3. The first-order valence-electron chi connectivity index (χ1n) is 5.47. The van der Waals surface area contributed by atoms with E-state index >= 15 is 0 Å². The van der Waals surface area contributed by atoms with Crippen LogP contribution in [0.3, 0.4) is 0 Å². The fraction of sp³-hybridized carbons (Fsp3) is 0.231. The minimum atomic E-state index is -0.0194. The van der Waals surface area contributed by atoms with Crippen LogP contribution in [0.4, 0.5) is 0 Å². The van der Waals surface area contributed by atoms with E-state index < -0.39 is 0 Å². The van der Waals surface area contributed by atoms with Gasteiger partial charge in [-0.2, -0.15) is 0 Å². The molecule has 2 aromatic rings. The molecule has 5 heteroatoms. The Morgan fingerprint density at radius 3 is 2.83 bits per heavy atom. The second-order valence-corrected chi connectivity index (χ2v) is 4.97. The van der Waals surface area contributed by atoms with Gasteiger partial charge in [0.1, 0.15) is 5.75 Å². The number of rotatable bonds is 3. The van der Waals surface area contributed by atoms with Gasteiger partial charge in [-0.05, 0) is 35.6 Å². The molecule has 0 amide bonds. The van der Waals surface area contributed by atoms with Crippen LogP contribution in [0.2, 0.25) is 0 Å². The van der Waals surface area contributed by atoms with E-state index in [4.69, 9.17) is 4.74 Å². The molecule has 94 valence electrons. The molecular formula is C13H13IN2O2. The Bertz CT molecular complexity index is 623. The molecule has 0 aliphatic rings. The summed E-state index contributed by atoms with van der Waals surface area (Å²) in [6, 6.07) is 7.66. The molecule has 0 atom stereocenters. The van der Waals surface area contributed by atoms with E-state index in [1.807, 2.05) is 53.8 Å². The quantitative estimate of drug-likeness (QED) is 0.793. The van der Waals surface area contributed by atoms with Crippen molar-refractivity contribution in [2.75, 3.05) is 7.11 Å². The summed E-state index contributed by atoms with van der Waals surface area (Å²) < 4.78 is 7.52. The van der Waals surface area contributed by atoms with Crippen molar-refractivity contribution in [3.63, 3.8) is 0 Å². The van der Waals surface area contributed by atoms with Crippen LogP contribution in [0.5, 0.6) is 5.75 Å². The summed E-state index contributed by atoms with van der Waals surface area (Å²) in [7, 11) is 1.62. The molecule has 0 unspecified atom stereocenters. The Morgan fingerprint density at radius 1 is 1.39 bits per heavy atom. The highest BCUT2D eigenvalue weighted by atomic mass is 127. The zero-order valence-electron chi connectivity index (χ0n) is 10.2. The summed E-state index contributed by atoms with van der Waals surface area (Å²) in [5, 5.41) is 0. The molecule has 1 aromatic heterocycles.